The maximum absolute atomic E-state index is 12.5. The number of amides is 1. The summed E-state index contributed by atoms with van der Waals surface area (Å²) < 4.78 is 7.21. The molecule has 0 aromatic carbocycles. The highest BCUT2D eigenvalue weighted by Crippen LogP contribution is 2.30. The number of aromatic amines is 1. The van der Waals surface area contributed by atoms with Gasteiger partial charge >= 0.3 is 5.69 Å². The van der Waals surface area contributed by atoms with Crippen LogP contribution in [0.4, 0.5) is 0 Å². The summed E-state index contributed by atoms with van der Waals surface area (Å²) in [6.07, 6.45) is 5.14. The van der Waals surface area contributed by atoms with Crippen molar-refractivity contribution in [1.29, 1.82) is 0 Å². The average molecular weight is 341 g/mol. The lowest BCUT2D eigenvalue weighted by atomic mass is 9.95. The third-order valence-electron chi connectivity index (χ3n) is 4.70. The van der Waals surface area contributed by atoms with Crippen molar-refractivity contribution in [2.24, 2.45) is 5.73 Å². The van der Waals surface area contributed by atoms with Crippen LogP contribution in [0.25, 0.3) is 22.7 Å². The number of H-pyrrole nitrogens is 1. The summed E-state index contributed by atoms with van der Waals surface area (Å²) in [5, 5.41) is 0. The molecule has 3 N–H and O–H groups in total. The van der Waals surface area contributed by atoms with Crippen molar-refractivity contribution in [1.82, 2.24) is 19.5 Å². The average Bonchev–Trinajstić information content (AvgIpc) is 3.17. The van der Waals surface area contributed by atoms with E-state index < -0.39 is 5.91 Å². The van der Waals surface area contributed by atoms with Gasteiger partial charge in [-0.05, 0) is 31.9 Å². The van der Waals surface area contributed by atoms with Crippen LogP contribution in [0.15, 0.2) is 21.3 Å². The molecule has 130 valence electrons. The van der Waals surface area contributed by atoms with E-state index in [-0.39, 0.29) is 28.8 Å². The molecule has 8 nitrogen and oxygen atoms in total. The molecule has 0 radical (unpaired) electrons. The summed E-state index contributed by atoms with van der Waals surface area (Å²) in [7, 11) is 0. The topological polar surface area (TPSA) is 120 Å². The molecule has 1 fully saturated rings. The van der Waals surface area contributed by atoms with E-state index in [9.17, 15) is 9.59 Å². The van der Waals surface area contributed by atoms with Gasteiger partial charge in [-0.2, -0.15) is 0 Å². The lowest BCUT2D eigenvalue weighted by Gasteiger charge is -2.22. The van der Waals surface area contributed by atoms with Crippen LogP contribution in [-0.4, -0.2) is 25.4 Å². The zero-order valence-corrected chi connectivity index (χ0v) is 13.9. The minimum Gasteiger partial charge on any atom is -0.458 e. The number of hydrogen-bond acceptors (Lipinski definition) is 5. The second kappa shape index (κ2) is 5.87. The van der Waals surface area contributed by atoms with Crippen LogP contribution in [0.3, 0.4) is 0 Å². The molecule has 3 aromatic heterocycles. The van der Waals surface area contributed by atoms with E-state index >= 15 is 0 Å². The Morgan fingerprint density at radius 3 is 2.68 bits per heavy atom. The Balaban J connectivity index is 1.97. The molecule has 3 heterocycles. The predicted molar refractivity (Wildman–Crippen MR) is 91.2 cm³/mol. The van der Waals surface area contributed by atoms with Gasteiger partial charge in [-0.15, -0.1) is 0 Å². The molecule has 3 aromatic rings. The zero-order chi connectivity index (χ0) is 17.6. The lowest BCUT2D eigenvalue weighted by molar-refractivity contribution is 0.0997. The number of fused-ring (bicyclic) bond motifs is 1. The first kappa shape index (κ1) is 15.6. The summed E-state index contributed by atoms with van der Waals surface area (Å²) in [4.78, 5) is 35.8. The number of carbonyl (C=O) groups is 1. The number of nitrogens with one attached hydrogen (secondary N) is 1. The van der Waals surface area contributed by atoms with Gasteiger partial charge in [0.15, 0.2) is 22.9 Å². The third kappa shape index (κ3) is 2.63. The number of aromatic nitrogens is 4. The Hall–Kier alpha value is -2.90. The fourth-order valence-corrected chi connectivity index (χ4v) is 3.52. The van der Waals surface area contributed by atoms with E-state index in [1.807, 2.05) is 6.92 Å². The largest absolute Gasteiger partial charge is 0.458 e. The number of imidazole rings is 1. The number of rotatable bonds is 3. The van der Waals surface area contributed by atoms with Crippen LogP contribution in [0.2, 0.25) is 0 Å². The molecule has 0 aliphatic heterocycles. The molecule has 0 bridgehead atoms. The standard InChI is InChI=1S/C17H19N5O3/c1-9-7-8-11(25-9)15-19-12(14(18)23)13-16(21-15)22(17(24)20-13)10-5-3-2-4-6-10/h7-8,10H,2-6H2,1H3,(H2,18,23)(H,20,24). The molecular formula is C17H19N5O3. The Bertz CT molecular complexity index is 1010. The normalized spacial score (nSPS) is 15.7. The first-order chi connectivity index (χ1) is 12.0. The van der Waals surface area contributed by atoms with Crippen molar-refractivity contribution in [2.45, 2.75) is 45.1 Å². The van der Waals surface area contributed by atoms with Gasteiger partial charge in [0.05, 0.1) is 0 Å². The van der Waals surface area contributed by atoms with Gasteiger partial charge in [-0.1, -0.05) is 19.3 Å². The van der Waals surface area contributed by atoms with E-state index in [0.29, 0.717) is 17.2 Å². The number of carbonyl (C=O) groups excluding carboxylic acids is 1. The number of nitrogens with two attached hydrogens (primary N) is 1. The summed E-state index contributed by atoms with van der Waals surface area (Å²) in [5.41, 5.74) is 5.89. The molecular weight excluding hydrogens is 322 g/mol. The first-order valence-corrected chi connectivity index (χ1v) is 8.43. The Morgan fingerprint density at radius 2 is 2.04 bits per heavy atom. The predicted octanol–water partition coefficient (Wildman–Crippen LogP) is 2.29. The smallest absolute Gasteiger partial charge is 0.327 e. The summed E-state index contributed by atoms with van der Waals surface area (Å²) >= 11 is 0. The number of hydrogen-bond donors (Lipinski definition) is 2. The molecule has 1 aliphatic carbocycles. The van der Waals surface area contributed by atoms with Crippen molar-refractivity contribution < 1.29 is 9.21 Å². The van der Waals surface area contributed by atoms with Crippen LogP contribution in [0, 0.1) is 6.92 Å². The molecule has 0 spiro atoms. The van der Waals surface area contributed by atoms with E-state index in [1.54, 1.807) is 16.7 Å². The highest BCUT2D eigenvalue weighted by Gasteiger charge is 2.25. The maximum Gasteiger partial charge on any atom is 0.327 e. The molecule has 1 aliphatic rings. The Labute approximate surface area is 143 Å². The quantitative estimate of drug-likeness (QED) is 0.757. The van der Waals surface area contributed by atoms with E-state index in [2.05, 4.69) is 15.0 Å². The second-order valence-electron chi connectivity index (χ2n) is 6.46. The monoisotopic (exact) mass is 341 g/mol. The lowest BCUT2D eigenvalue weighted by Crippen LogP contribution is -2.24. The number of nitrogens with zero attached hydrogens (tertiary/aromatic N) is 3. The molecule has 1 saturated carbocycles. The highest BCUT2D eigenvalue weighted by atomic mass is 16.3. The van der Waals surface area contributed by atoms with Crippen molar-refractivity contribution in [3.05, 3.63) is 34.1 Å². The van der Waals surface area contributed by atoms with E-state index in [0.717, 1.165) is 25.7 Å². The molecule has 4 rings (SSSR count). The van der Waals surface area contributed by atoms with Crippen molar-refractivity contribution in [3.8, 4) is 11.6 Å². The summed E-state index contributed by atoms with van der Waals surface area (Å²) in [6.45, 7) is 1.81. The van der Waals surface area contributed by atoms with Crippen LogP contribution in [0.1, 0.15) is 54.4 Å². The molecule has 1 amide bonds. The van der Waals surface area contributed by atoms with Gasteiger partial charge in [-0.25, -0.2) is 14.8 Å². The molecule has 0 unspecified atom stereocenters. The van der Waals surface area contributed by atoms with Gasteiger partial charge in [0.2, 0.25) is 0 Å². The van der Waals surface area contributed by atoms with Gasteiger partial charge in [0.1, 0.15) is 11.3 Å². The van der Waals surface area contributed by atoms with Crippen LogP contribution < -0.4 is 11.4 Å². The van der Waals surface area contributed by atoms with Crippen molar-refractivity contribution in [3.63, 3.8) is 0 Å². The fraction of sp³-hybridized carbons (Fsp3) is 0.412. The van der Waals surface area contributed by atoms with Crippen LogP contribution in [-0.2, 0) is 0 Å². The van der Waals surface area contributed by atoms with Gasteiger partial charge in [-0.3, -0.25) is 9.36 Å². The molecule has 8 heteroatoms. The van der Waals surface area contributed by atoms with E-state index in [1.165, 1.54) is 6.42 Å². The Kier molecular flexibility index (Phi) is 3.67. The SMILES string of the molecule is Cc1ccc(-c2nc(C(N)=O)c3[nH]c(=O)n(C4CCCCC4)c3n2)o1. The zero-order valence-electron chi connectivity index (χ0n) is 13.9. The van der Waals surface area contributed by atoms with Crippen LogP contribution >= 0.6 is 0 Å². The Morgan fingerprint density at radius 1 is 1.28 bits per heavy atom. The highest BCUT2D eigenvalue weighted by molar-refractivity contribution is 6.01. The number of primary amides is 1. The van der Waals surface area contributed by atoms with Gasteiger partial charge < -0.3 is 15.1 Å². The van der Waals surface area contributed by atoms with Gasteiger partial charge in [0, 0.05) is 6.04 Å². The van der Waals surface area contributed by atoms with Gasteiger partial charge in [0.25, 0.3) is 5.91 Å². The minimum absolute atomic E-state index is 0.000660. The fourth-order valence-electron chi connectivity index (χ4n) is 3.52. The maximum atomic E-state index is 12.5. The summed E-state index contributed by atoms with van der Waals surface area (Å²) in [5.74, 6) is 0.677. The second-order valence-corrected chi connectivity index (χ2v) is 6.46. The molecule has 0 atom stereocenters. The minimum atomic E-state index is -0.714. The third-order valence-corrected chi connectivity index (χ3v) is 4.70. The number of aryl methyl sites for hydroxylation is 1. The van der Waals surface area contributed by atoms with E-state index in [4.69, 9.17) is 10.2 Å². The van der Waals surface area contributed by atoms with Crippen LogP contribution in [0.5, 0.6) is 0 Å². The first-order valence-electron chi connectivity index (χ1n) is 8.43. The summed E-state index contributed by atoms with van der Waals surface area (Å²) in [6, 6.07) is 3.59. The number of furan rings is 1. The molecule has 25 heavy (non-hydrogen) atoms. The molecule has 0 saturated heterocycles. The van der Waals surface area contributed by atoms with Crippen molar-refractivity contribution >= 4 is 17.1 Å². The van der Waals surface area contributed by atoms with Crippen molar-refractivity contribution in [2.75, 3.05) is 0 Å².